The lowest BCUT2D eigenvalue weighted by atomic mass is 9.98. The summed E-state index contributed by atoms with van der Waals surface area (Å²) in [4.78, 5) is 12.4. The molecule has 2 rings (SSSR count). The summed E-state index contributed by atoms with van der Waals surface area (Å²) in [5.74, 6) is -0.318. The van der Waals surface area contributed by atoms with Crippen molar-refractivity contribution >= 4 is 36.6 Å². The molecule has 0 unspecified atom stereocenters. The fraction of sp³-hybridized carbons (Fsp3) is 0.235. The van der Waals surface area contributed by atoms with Crippen molar-refractivity contribution in [2.45, 2.75) is 6.92 Å². The maximum absolute atomic E-state index is 12.4. The molecule has 2 aromatic carbocycles. The van der Waals surface area contributed by atoms with Crippen molar-refractivity contribution in [1.82, 2.24) is 0 Å². The summed E-state index contributed by atoms with van der Waals surface area (Å²) in [6, 6.07) is 10.6. The third-order valence-corrected chi connectivity index (χ3v) is 6.41. The van der Waals surface area contributed by atoms with E-state index in [0.29, 0.717) is 15.6 Å². The lowest BCUT2D eigenvalue weighted by Gasteiger charge is -2.13. The minimum absolute atomic E-state index is 0.316. The molecule has 2 aromatic rings. The summed E-state index contributed by atoms with van der Waals surface area (Å²) >= 11 is 12.2. The van der Waals surface area contributed by atoms with Crippen LogP contribution in [0.1, 0.15) is 15.9 Å². The average molecular weight is 387 g/mol. The van der Waals surface area contributed by atoms with Crippen LogP contribution < -0.4 is 0 Å². The maximum atomic E-state index is 12.4. The van der Waals surface area contributed by atoms with Gasteiger partial charge in [0, 0.05) is 19.8 Å². The fourth-order valence-electron chi connectivity index (χ4n) is 2.30. The molecule has 0 heterocycles. The number of rotatable bonds is 6. The van der Waals surface area contributed by atoms with Gasteiger partial charge in [-0.1, -0.05) is 47.5 Å². The summed E-state index contributed by atoms with van der Waals surface area (Å²) in [5.41, 5.74) is 2.95. The van der Waals surface area contributed by atoms with Crippen LogP contribution in [0.25, 0.3) is 11.1 Å². The second-order valence-electron chi connectivity index (χ2n) is 5.17. The first-order valence-corrected chi connectivity index (χ1v) is 9.58. The van der Waals surface area contributed by atoms with E-state index in [1.54, 1.807) is 24.3 Å². The van der Waals surface area contributed by atoms with E-state index in [2.05, 4.69) is 0 Å². The Morgan fingerprint density at radius 1 is 1.12 bits per heavy atom. The summed E-state index contributed by atoms with van der Waals surface area (Å²) in [5, 5.41) is 0.959. The summed E-state index contributed by atoms with van der Waals surface area (Å²) in [7, 11) is -0.888. The number of halogens is 2. The van der Waals surface area contributed by atoms with Gasteiger partial charge < -0.3 is 9.05 Å². The van der Waals surface area contributed by atoms with Crippen LogP contribution in [0.5, 0.6) is 0 Å². The molecule has 0 aliphatic rings. The van der Waals surface area contributed by atoms with E-state index in [4.69, 9.17) is 32.2 Å². The Morgan fingerprint density at radius 2 is 1.79 bits per heavy atom. The summed E-state index contributed by atoms with van der Waals surface area (Å²) < 4.78 is 21.8. The Hall–Kier alpha value is -1.16. The molecule has 0 saturated carbocycles. The highest BCUT2D eigenvalue weighted by Gasteiger charge is 2.26. The van der Waals surface area contributed by atoms with E-state index in [1.165, 1.54) is 14.2 Å². The molecule has 0 radical (unpaired) electrons. The predicted molar refractivity (Wildman–Crippen MR) is 97.5 cm³/mol. The van der Waals surface area contributed by atoms with Gasteiger partial charge in [-0.3, -0.25) is 9.36 Å². The van der Waals surface area contributed by atoms with Crippen LogP contribution in [0, 0.1) is 6.92 Å². The molecule has 0 spiro atoms. The Bertz CT molecular complexity index is 812. The third kappa shape index (κ3) is 4.08. The molecule has 7 heteroatoms. The predicted octanol–water partition coefficient (Wildman–Crippen LogP) is 5.64. The quantitative estimate of drug-likeness (QED) is 0.476. The molecule has 24 heavy (non-hydrogen) atoms. The van der Waals surface area contributed by atoms with E-state index in [-0.39, 0.29) is 11.9 Å². The van der Waals surface area contributed by atoms with Crippen LogP contribution in [0.15, 0.2) is 36.4 Å². The molecule has 0 fully saturated rings. The summed E-state index contributed by atoms with van der Waals surface area (Å²) in [6.07, 6.45) is -0.316. The van der Waals surface area contributed by atoms with E-state index >= 15 is 0 Å². The van der Waals surface area contributed by atoms with Crippen LogP contribution in [0.4, 0.5) is 0 Å². The van der Waals surface area contributed by atoms with Crippen LogP contribution in [-0.4, -0.2) is 26.2 Å². The largest absolute Gasteiger partial charge is 0.337 e. The first-order valence-electron chi connectivity index (χ1n) is 7.10. The van der Waals surface area contributed by atoms with E-state index in [0.717, 1.165) is 16.7 Å². The SMILES string of the molecule is COP(=O)(CC(=O)c1cccc(-c2ccc(Cl)c(Cl)c2C)c1)OC. The Labute approximate surface area is 151 Å². The van der Waals surface area contributed by atoms with Gasteiger partial charge in [0.25, 0.3) is 0 Å². The van der Waals surface area contributed by atoms with Crippen molar-refractivity contribution in [2.24, 2.45) is 0 Å². The monoisotopic (exact) mass is 386 g/mol. The molecule has 0 aliphatic carbocycles. The van der Waals surface area contributed by atoms with Crippen molar-refractivity contribution < 1.29 is 18.4 Å². The number of hydrogen-bond acceptors (Lipinski definition) is 4. The Morgan fingerprint density at radius 3 is 2.42 bits per heavy atom. The molecule has 0 bridgehead atoms. The fourth-order valence-corrected chi connectivity index (χ4v) is 3.61. The van der Waals surface area contributed by atoms with Crippen molar-refractivity contribution in [2.75, 3.05) is 20.4 Å². The zero-order chi connectivity index (χ0) is 17.9. The van der Waals surface area contributed by atoms with Gasteiger partial charge >= 0.3 is 7.60 Å². The molecule has 0 amide bonds. The first kappa shape index (κ1) is 19.2. The average Bonchev–Trinajstić information content (AvgIpc) is 2.59. The minimum Gasteiger partial charge on any atom is -0.312 e. The van der Waals surface area contributed by atoms with Gasteiger partial charge in [0.1, 0.15) is 6.16 Å². The molecule has 0 saturated heterocycles. The highest BCUT2D eigenvalue weighted by molar-refractivity contribution is 7.54. The van der Waals surface area contributed by atoms with Crippen LogP contribution in [-0.2, 0) is 13.6 Å². The number of ketones is 1. The van der Waals surface area contributed by atoms with Gasteiger partial charge in [0.05, 0.1) is 10.0 Å². The summed E-state index contributed by atoms with van der Waals surface area (Å²) in [6.45, 7) is 1.86. The topological polar surface area (TPSA) is 52.6 Å². The van der Waals surface area contributed by atoms with Crippen LogP contribution in [0.3, 0.4) is 0 Å². The Balaban J connectivity index is 2.38. The number of carbonyl (C=O) groups is 1. The normalized spacial score (nSPS) is 11.5. The van der Waals surface area contributed by atoms with Gasteiger partial charge in [-0.15, -0.1) is 0 Å². The van der Waals surface area contributed by atoms with E-state index < -0.39 is 7.60 Å². The van der Waals surface area contributed by atoms with Crippen molar-refractivity contribution in [3.8, 4) is 11.1 Å². The first-order chi connectivity index (χ1) is 11.3. The maximum Gasteiger partial charge on any atom is 0.337 e. The van der Waals surface area contributed by atoms with Gasteiger partial charge in [-0.2, -0.15) is 0 Å². The molecule has 0 N–H and O–H groups in total. The highest BCUT2D eigenvalue weighted by atomic mass is 35.5. The molecule has 0 aromatic heterocycles. The standard InChI is InChI=1S/C17H17Cl2O4P/c1-11-14(7-8-15(18)17(11)19)12-5-4-6-13(9-12)16(20)10-24(21,22-2)23-3/h4-9H,10H2,1-3H3. The highest BCUT2D eigenvalue weighted by Crippen LogP contribution is 2.46. The lowest BCUT2D eigenvalue weighted by molar-refractivity contribution is 0.101. The number of hydrogen-bond donors (Lipinski definition) is 0. The minimum atomic E-state index is -3.40. The number of Topliss-reactive ketones (excluding diaryl/α,β-unsaturated/α-hetero) is 1. The molecular weight excluding hydrogens is 370 g/mol. The number of carbonyl (C=O) groups excluding carboxylic acids is 1. The van der Waals surface area contributed by atoms with Gasteiger partial charge in [0.15, 0.2) is 5.78 Å². The van der Waals surface area contributed by atoms with E-state index in [9.17, 15) is 9.36 Å². The Kier molecular flexibility index (Phi) is 6.24. The number of benzene rings is 2. The molecule has 0 aliphatic heterocycles. The van der Waals surface area contributed by atoms with Gasteiger partial charge in [0.2, 0.25) is 0 Å². The second-order valence-corrected chi connectivity index (χ2v) is 8.23. The lowest BCUT2D eigenvalue weighted by Crippen LogP contribution is -2.08. The molecule has 128 valence electrons. The third-order valence-electron chi connectivity index (χ3n) is 3.73. The zero-order valence-corrected chi connectivity index (χ0v) is 15.9. The van der Waals surface area contributed by atoms with E-state index in [1.807, 2.05) is 19.1 Å². The van der Waals surface area contributed by atoms with Crippen molar-refractivity contribution in [1.29, 1.82) is 0 Å². The van der Waals surface area contributed by atoms with Crippen molar-refractivity contribution in [3.63, 3.8) is 0 Å². The molecular formula is C17H17Cl2O4P. The van der Waals surface area contributed by atoms with Gasteiger partial charge in [-0.25, -0.2) is 0 Å². The molecule has 0 atom stereocenters. The van der Waals surface area contributed by atoms with Crippen LogP contribution >= 0.6 is 30.8 Å². The molecule has 4 nitrogen and oxygen atoms in total. The van der Waals surface area contributed by atoms with Crippen LogP contribution in [0.2, 0.25) is 10.0 Å². The smallest absolute Gasteiger partial charge is 0.312 e. The van der Waals surface area contributed by atoms with Gasteiger partial charge in [-0.05, 0) is 35.7 Å². The van der Waals surface area contributed by atoms with Crippen molar-refractivity contribution in [3.05, 3.63) is 57.6 Å². The zero-order valence-electron chi connectivity index (χ0n) is 13.5. The second kappa shape index (κ2) is 7.81.